The first kappa shape index (κ1) is 36.4. The van der Waals surface area contributed by atoms with Gasteiger partial charge in [-0.15, -0.1) is 0 Å². The summed E-state index contributed by atoms with van der Waals surface area (Å²) in [5.41, 5.74) is -1.52. The highest BCUT2D eigenvalue weighted by Crippen LogP contribution is 2.46. The van der Waals surface area contributed by atoms with Crippen LogP contribution in [0.25, 0.3) is 10.8 Å². The third-order valence-electron chi connectivity index (χ3n) is 10.6. The second-order valence-electron chi connectivity index (χ2n) is 14.3. The van der Waals surface area contributed by atoms with Crippen LogP contribution in [-0.4, -0.2) is 89.4 Å². The Morgan fingerprint density at radius 2 is 1.86 bits per heavy atom. The number of carbonyl (C=O) groups is 4. The molecule has 15 heteroatoms. The number of carboxylic acid groups (broad SMARTS) is 1. The number of benzene rings is 1. The van der Waals surface area contributed by atoms with Crippen LogP contribution in [0.15, 0.2) is 42.6 Å². The molecule has 6 rings (SSSR count). The molecule has 1 aromatic carbocycles. The Morgan fingerprint density at radius 1 is 1.12 bits per heavy atom. The summed E-state index contributed by atoms with van der Waals surface area (Å²) in [5.74, 6) is -1.83. The number of amides is 4. The lowest BCUT2D eigenvalue weighted by Gasteiger charge is -2.33. The second kappa shape index (κ2) is 14.7. The molecule has 1 saturated heterocycles. The van der Waals surface area contributed by atoms with Gasteiger partial charge < -0.3 is 30.1 Å². The first-order valence-corrected chi connectivity index (χ1v) is 19.4. The van der Waals surface area contributed by atoms with E-state index >= 15 is 0 Å². The third-order valence-corrected chi connectivity index (χ3v) is 12.4. The molecule has 2 saturated carbocycles. The smallest absolute Gasteiger partial charge is 0.405 e. The molecule has 51 heavy (non-hydrogen) atoms. The van der Waals surface area contributed by atoms with Gasteiger partial charge in [-0.1, -0.05) is 50.6 Å². The Hall–Kier alpha value is -4.40. The highest BCUT2D eigenvalue weighted by molar-refractivity contribution is 7.91. The predicted molar refractivity (Wildman–Crippen MR) is 187 cm³/mol. The minimum atomic E-state index is -3.90. The summed E-state index contributed by atoms with van der Waals surface area (Å²) >= 11 is 0. The van der Waals surface area contributed by atoms with E-state index in [0.29, 0.717) is 49.8 Å². The highest BCUT2D eigenvalue weighted by atomic mass is 32.2. The lowest BCUT2D eigenvalue weighted by atomic mass is 9.85. The molecule has 0 radical (unpaired) electrons. The van der Waals surface area contributed by atoms with Gasteiger partial charge in [-0.3, -0.25) is 19.1 Å². The first-order valence-electron chi connectivity index (χ1n) is 17.9. The maximum Gasteiger partial charge on any atom is 0.405 e. The SMILES string of the molecule is CCOc1cnc(O[C@@H]2C[C@H]3C(=O)N[C@]4(C(=O)NS(=O)(=O)C5CC5)C[C@H]4/C=C\CC[C@H](C)C[C@@H](CC)[C@H](NC(=O)O)C(=O)N3C2)c2ccccc12. The van der Waals surface area contributed by atoms with Gasteiger partial charge in [0.05, 0.1) is 24.6 Å². The Kier molecular flexibility index (Phi) is 10.5. The summed E-state index contributed by atoms with van der Waals surface area (Å²) in [6.07, 6.45) is 6.92. The Labute approximate surface area is 297 Å². The number of rotatable bonds is 9. The Bertz CT molecular complexity index is 1810. The monoisotopic (exact) mass is 725 g/mol. The summed E-state index contributed by atoms with van der Waals surface area (Å²) in [6.45, 7) is 6.22. The molecule has 4 N–H and O–H groups in total. The van der Waals surface area contributed by atoms with Gasteiger partial charge in [-0.25, -0.2) is 18.2 Å². The molecule has 1 aromatic heterocycles. The lowest BCUT2D eigenvalue weighted by Crippen LogP contribution is -2.59. The molecule has 0 bridgehead atoms. The zero-order chi connectivity index (χ0) is 36.5. The number of hydrogen-bond acceptors (Lipinski definition) is 9. The third kappa shape index (κ3) is 7.77. The maximum absolute atomic E-state index is 14.5. The fourth-order valence-electron chi connectivity index (χ4n) is 7.51. The second-order valence-corrected chi connectivity index (χ2v) is 16.2. The molecule has 7 atom stereocenters. The van der Waals surface area contributed by atoms with Gasteiger partial charge in [-0.2, -0.15) is 0 Å². The van der Waals surface area contributed by atoms with Gasteiger partial charge in [-0.05, 0) is 63.4 Å². The van der Waals surface area contributed by atoms with E-state index in [2.05, 4.69) is 27.3 Å². The molecule has 0 spiro atoms. The number of nitrogens with zero attached hydrogens (tertiary/aromatic N) is 2. The van der Waals surface area contributed by atoms with E-state index < -0.39 is 68.7 Å². The lowest BCUT2D eigenvalue weighted by molar-refractivity contribution is -0.142. The zero-order valence-electron chi connectivity index (χ0n) is 29.2. The topological polar surface area (TPSA) is 193 Å². The van der Waals surface area contributed by atoms with Crippen LogP contribution in [-0.2, 0) is 24.4 Å². The summed E-state index contributed by atoms with van der Waals surface area (Å²) in [7, 11) is -3.90. The molecule has 3 heterocycles. The van der Waals surface area contributed by atoms with Crippen LogP contribution in [0.5, 0.6) is 11.6 Å². The van der Waals surface area contributed by atoms with Crippen molar-refractivity contribution in [3.05, 3.63) is 42.6 Å². The minimum absolute atomic E-state index is 0.0202. The number of carbonyl (C=O) groups excluding carboxylic acids is 3. The summed E-state index contributed by atoms with van der Waals surface area (Å²) in [5, 5.41) is 15.9. The quantitative estimate of drug-likeness (QED) is 0.278. The van der Waals surface area contributed by atoms with Crippen LogP contribution in [0.3, 0.4) is 0 Å². The van der Waals surface area contributed by atoms with Crippen LogP contribution >= 0.6 is 0 Å². The molecule has 2 aromatic rings. The van der Waals surface area contributed by atoms with Crippen molar-refractivity contribution >= 4 is 44.6 Å². The van der Waals surface area contributed by atoms with Gasteiger partial charge in [0.25, 0.3) is 5.91 Å². The fourth-order valence-corrected chi connectivity index (χ4v) is 8.88. The van der Waals surface area contributed by atoms with Crippen LogP contribution < -0.4 is 24.8 Å². The van der Waals surface area contributed by atoms with Crippen LogP contribution in [0.2, 0.25) is 0 Å². The largest absolute Gasteiger partial charge is 0.492 e. The van der Waals surface area contributed by atoms with Crippen molar-refractivity contribution in [1.29, 1.82) is 0 Å². The van der Waals surface area contributed by atoms with Crippen LogP contribution in [0.4, 0.5) is 4.79 Å². The first-order chi connectivity index (χ1) is 24.4. The van der Waals surface area contributed by atoms with Crippen molar-refractivity contribution in [3.63, 3.8) is 0 Å². The maximum atomic E-state index is 14.5. The predicted octanol–water partition coefficient (Wildman–Crippen LogP) is 3.50. The van der Waals surface area contributed by atoms with Gasteiger partial charge in [0.15, 0.2) is 0 Å². The molecule has 4 amide bonds. The Morgan fingerprint density at radius 3 is 2.55 bits per heavy atom. The number of aromatic nitrogens is 1. The number of pyridine rings is 1. The number of allylic oxidation sites excluding steroid dienone is 1. The van der Waals surface area contributed by atoms with Gasteiger partial charge >= 0.3 is 6.09 Å². The summed E-state index contributed by atoms with van der Waals surface area (Å²) in [6, 6.07) is 5.14. The van der Waals surface area contributed by atoms with Crippen molar-refractivity contribution in [2.45, 2.75) is 101 Å². The zero-order valence-corrected chi connectivity index (χ0v) is 30.0. The number of ether oxygens (including phenoxy) is 2. The van der Waals surface area contributed by atoms with Crippen LogP contribution in [0.1, 0.15) is 72.1 Å². The van der Waals surface area contributed by atoms with Gasteiger partial charge in [0.1, 0.15) is 29.5 Å². The average Bonchev–Trinajstić information content (AvgIpc) is 4.02. The van der Waals surface area contributed by atoms with Gasteiger partial charge in [0.2, 0.25) is 27.7 Å². The van der Waals surface area contributed by atoms with Crippen molar-refractivity contribution in [2.24, 2.45) is 17.8 Å². The van der Waals surface area contributed by atoms with Crippen molar-refractivity contribution < 1.29 is 42.2 Å². The van der Waals surface area contributed by atoms with Crippen molar-refractivity contribution in [3.8, 4) is 11.6 Å². The molecule has 14 nitrogen and oxygen atoms in total. The molecular formula is C36H47N5O9S. The molecule has 3 fully saturated rings. The fraction of sp³-hybridized carbons (Fsp3) is 0.583. The van der Waals surface area contributed by atoms with E-state index in [1.807, 2.05) is 50.3 Å². The molecule has 2 aliphatic heterocycles. The summed E-state index contributed by atoms with van der Waals surface area (Å²) in [4.78, 5) is 60.4. The van der Waals surface area contributed by atoms with E-state index in [9.17, 15) is 32.7 Å². The minimum Gasteiger partial charge on any atom is -0.492 e. The van der Waals surface area contributed by atoms with E-state index in [4.69, 9.17) is 9.47 Å². The molecular weight excluding hydrogens is 678 g/mol. The number of hydrogen-bond donors (Lipinski definition) is 4. The summed E-state index contributed by atoms with van der Waals surface area (Å²) < 4.78 is 40.0. The molecule has 2 aliphatic carbocycles. The normalized spacial score (nSPS) is 30.5. The number of nitrogens with one attached hydrogen (secondary N) is 3. The van der Waals surface area contributed by atoms with Gasteiger partial charge in [0, 0.05) is 23.1 Å². The van der Waals surface area contributed by atoms with E-state index in [1.165, 1.54) is 4.90 Å². The van der Waals surface area contributed by atoms with E-state index in [0.717, 1.165) is 11.8 Å². The Balaban J connectivity index is 1.35. The average molecular weight is 726 g/mol. The molecule has 276 valence electrons. The van der Waals surface area contributed by atoms with Crippen molar-refractivity contribution in [1.82, 2.24) is 25.2 Å². The number of fused-ring (bicyclic) bond motifs is 3. The standard InChI is InChI=1S/C36H47N5O9S/c1-4-22-16-21(3)10-6-7-11-23-18-36(23,34(44)40-51(47,48)25-14-15-25)39-31(42)28-17-24(20-41(28)33(43)30(22)38-35(45)46)50-32-27-13-9-8-12-26(27)29(19-37-32)49-5-2/h7-9,11-13,19,21-25,28,30,38H,4-6,10,14-18,20H2,1-3H3,(H,39,42)(H,40,44)(H,45,46)/b11-7-/t21-,22+,23+,24+,28-,30-,36+/m0/s1. The molecule has 4 aliphatic rings. The number of sulfonamides is 1. The van der Waals surface area contributed by atoms with Crippen LogP contribution in [0, 0.1) is 17.8 Å². The van der Waals surface area contributed by atoms with E-state index in [1.54, 1.807) is 6.20 Å². The highest BCUT2D eigenvalue weighted by Gasteiger charge is 2.62. The molecule has 0 unspecified atom stereocenters. The van der Waals surface area contributed by atoms with E-state index in [-0.39, 0.29) is 37.1 Å². The van der Waals surface area contributed by atoms with Crippen molar-refractivity contribution in [2.75, 3.05) is 13.2 Å².